The number of carbonyl (C=O) groups is 1. The fourth-order valence-corrected chi connectivity index (χ4v) is 21.3. The van der Waals surface area contributed by atoms with Gasteiger partial charge >= 0.3 is 5.97 Å². The molecular formula is C55H80N2O12S2. The van der Waals surface area contributed by atoms with E-state index in [9.17, 15) is 35.4 Å². The number of aryl methyl sites for hydroxylation is 1. The van der Waals surface area contributed by atoms with Crippen molar-refractivity contribution in [3.8, 4) is 11.5 Å². The molecule has 1 aromatic carbocycles. The van der Waals surface area contributed by atoms with E-state index in [1.54, 1.807) is 36.1 Å². The second-order valence-electron chi connectivity index (χ2n) is 23.9. The predicted octanol–water partition coefficient (Wildman–Crippen LogP) is 6.58. The predicted molar refractivity (Wildman–Crippen MR) is 272 cm³/mol. The van der Waals surface area contributed by atoms with Crippen LogP contribution in [0.3, 0.4) is 0 Å². The number of aliphatic hydroxyl groups excluding tert-OH is 4. The zero-order valence-electron chi connectivity index (χ0n) is 42.0. The number of rotatable bonds is 6. The Morgan fingerprint density at radius 3 is 2.58 bits per heavy atom. The van der Waals surface area contributed by atoms with Crippen LogP contribution in [-0.2, 0) is 20.7 Å². The molecule has 5 saturated carbocycles. The molecule has 0 radical (unpaired) electrons. The number of furan rings is 1. The molecule has 7 fully saturated rings. The standard InChI is InChI=1S/C55H80N2O12S2/c1-4-65-43(61)17-13-33-24-34-18-22-66-45(34)47-46(33)68-49-55(64)44-36(12-15-40(59)38(44)28-58)26-53(63,48(55)62)54(69-49)31-70-71-52(41(57-21-23-67-47)16-10-32(2)8-7-9-42(54)60)29-50(19-5-6-20-50)51(30-52)25-35-11-14-39(56-3)37(35)27-51/h12,15,18,22,24,32,35-42,44,48-49,56-60,62-64H,4-11,13-14,16-17,19-21,23,25-31H2,1-3H3/t32-,35+,36-,37-,38+,39+,40+,41-,42+,44+,48-,49+,51+,52+,53-,54+,55+/m0/s1. The van der Waals surface area contributed by atoms with Gasteiger partial charge in [-0.15, -0.1) is 0 Å². The second-order valence-corrected chi connectivity index (χ2v) is 26.7. The number of ether oxygens (including phenoxy) is 4. The molecular weight excluding hydrogens is 945 g/mol. The van der Waals surface area contributed by atoms with E-state index in [4.69, 9.17) is 23.4 Å². The van der Waals surface area contributed by atoms with Crippen LogP contribution in [0.5, 0.6) is 11.5 Å². The molecule has 6 aliphatic carbocycles. The summed E-state index contributed by atoms with van der Waals surface area (Å²) in [5.74, 6) is -0.929. The summed E-state index contributed by atoms with van der Waals surface area (Å²) in [5, 5.41) is 84.5. The molecule has 394 valence electrons. The van der Waals surface area contributed by atoms with Crippen molar-refractivity contribution in [2.75, 3.05) is 39.2 Å². The molecule has 5 bridgehead atoms. The van der Waals surface area contributed by atoms with Crippen LogP contribution in [0.2, 0.25) is 0 Å². The number of esters is 1. The van der Waals surface area contributed by atoms with Gasteiger partial charge in [-0.3, -0.25) is 4.79 Å². The fourth-order valence-electron chi connectivity index (χ4n) is 17.2. The molecule has 11 rings (SSSR count). The van der Waals surface area contributed by atoms with E-state index in [0.717, 1.165) is 32.1 Å². The first-order valence-corrected chi connectivity index (χ1v) is 29.7. The lowest BCUT2D eigenvalue weighted by Gasteiger charge is -2.67. The van der Waals surface area contributed by atoms with Crippen LogP contribution in [0.1, 0.15) is 129 Å². The summed E-state index contributed by atoms with van der Waals surface area (Å²) in [6.45, 7) is 4.50. The molecule has 2 aromatic rings. The first kappa shape index (κ1) is 51.0. The van der Waals surface area contributed by atoms with Crippen LogP contribution < -0.4 is 20.1 Å². The molecule has 4 spiro atoms. The number of aliphatic hydroxyl groups is 6. The Bertz CT molecular complexity index is 2290. The first-order chi connectivity index (χ1) is 34.2. The molecule has 1 aromatic heterocycles. The number of fused-ring (bicyclic) bond motifs is 13. The van der Waals surface area contributed by atoms with Crippen molar-refractivity contribution in [1.82, 2.24) is 10.6 Å². The van der Waals surface area contributed by atoms with Crippen molar-refractivity contribution in [3.63, 3.8) is 0 Å². The van der Waals surface area contributed by atoms with Crippen molar-refractivity contribution in [2.24, 2.45) is 46.3 Å². The van der Waals surface area contributed by atoms with E-state index < -0.39 is 71.7 Å². The zero-order valence-corrected chi connectivity index (χ0v) is 43.7. The molecule has 17 atom stereocenters. The summed E-state index contributed by atoms with van der Waals surface area (Å²) >= 11 is 0. The highest BCUT2D eigenvalue weighted by atomic mass is 33.1. The molecule has 9 aliphatic rings. The Hall–Kier alpha value is -2.09. The van der Waals surface area contributed by atoms with E-state index in [2.05, 4.69) is 24.6 Å². The monoisotopic (exact) mass is 1020 g/mol. The molecule has 0 unspecified atom stereocenters. The van der Waals surface area contributed by atoms with E-state index in [1.807, 2.05) is 22.9 Å². The number of benzene rings is 1. The largest absolute Gasteiger partial charge is 0.485 e. The van der Waals surface area contributed by atoms with Gasteiger partial charge in [0.1, 0.15) is 23.9 Å². The summed E-state index contributed by atoms with van der Waals surface area (Å²) in [6, 6.07) is 4.32. The molecule has 8 N–H and O–H groups in total. The van der Waals surface area contributed by atoms with Crippen molar-refractivity contribution >= 4 is 38.5 Å². The average molecular weight is 1030 g/mol. The highest BCUT2D eigenvalue weighted by molar-refractivity contribution is 8.77. The quantitative estimate of drug-likeness (QED) is 0.0872. The minimum Gasteiger partial charge on any atom is -0.485 e. The van der Waals surface area contributed by atoms with E-state index >= 15 is 0 Å². The molecule has 16 heteroatoms. The summed E-state index contributed by atoms with van der Waals surface area (Å²) < 4.78 is 32.7. The van der Waals surface area contributed by atoms with Gasteiger partial charge < -0.3 is 64.6 Å². The van der Waals surface area contributed by atoms with Crippen LogP contribution in [0.15, 0.2) is 35.0 Å². The molecule has 3 aliphatic heterocycles. The Morgan fingerprint density at radius 2 is 1.79 bits per heavy atom. The van der Waals surface area contributed by atoms with Crippen LogP contribution >= 0.6 is 21.6 Å². The van der Waals surface area contributed by atoms with Crippen molar-refractivity contribution < 1.29 is 58.8 Å². The van der Waals surface area contributed by atoms with Crippen molar-refractivity contribution in [2.45, 2.75) is 188 Å². The number of allylic oxidation sites excluding steroid dienone is 1. The lowest BCUT2D eigenvalue weighted by Crippen LogP contribution is -2.86. The minimum atomic E-state index is -2.46. The van der Waals surface area contributed by atoms with Gasteiger partial charge in [-0.2, -0.15) is 0 Å². The van der Waals surface area contributed by atoms with Gasteiger partial charge in [-0.1, -0.05) is 66.3 Å². The summed E-state index contributed by atoms with van der Waals surface area (Å²) in [7, 11) is 5.68. The topological polar surface area (TPSA) is 213 Å². The fraction of sp³-hybridized carbons (Fsp3) is 0.800. The van der Waals surface area contributed by atoms with Gasteiger partial charge in [0.05, 0.1) is 25.1 Å². The minimum absolute atomic E-state index is 0.000216. The molecule has 71 heavy (non-hydrogen) atoms. The molecule has 14 nitrogen and oxygen atoms in total. The maximum absolute atomic E-state index is 13.7. The highest BCUT2D eigenvalue weighted by Gasteiger charge is 2.78. The lowest BCUT2D eigenvalue weighted by atomic mass is 9.50. The second kappa shape index (κ2) is 19.5. The number of hydrogen-bond acceptors (Lipinski definition) is 16. The SMILES string of the molecule is CCOC(=O)CCc1cc2ccoc2c2c1O[C@@H]1O[C@@]3(CSS[C@@]4(CC5(CCCC5)[C@@]5(C[C@H]6CC[C@@H](NC)[C@H]6C5)C4)[C@H](CC[C@@H](C)CCC[C@H]3O)NCCO2)[C@]2(O)C[C@@H]3C=C[C@@H](O)[C@@H](CO)[C@@H]3[C@@]1(O)[C@H]2O. The Kier molecular flexibility index (Phi) is 14.0. The maximum atomic E-state index is 13.7. The van der Waals surface area contributed by atoms with Crippen molar-refractivity contribution in [3.05, 3.63) is 36.1 Å². The first-order valence-electron chi connectivity index (χ1n) is 27.3. The number of carbonyl (C=O) groups excluding carboxylic acids is 1. The van der Waals surface area contributed by atoms with Crippen LogP contribution in [0.4, 0.5) is 0 Å². The van der Waals surface area contributed by atoms with Gasteiger partial charge in [0.15, 0.2) is 16.9 Å². The highest BCUT2D eigenvalue weighted by Crippen LogP contribution is 2.76. The van der Waals surface area contributed by atoms with Crippen LogP contribution in [0, 0.1) is 46.3 Å². The number of hydrogen-bond donors (Lipinski definition) is 8. The summed E-state index contributed by atoms with van der Waals surface area (Å²) in [4.78, 5) is 13.0. The van der Waals surface area contributed by atoms with E-state index in [0.29, 0.717) is 53.3 Å². The van der Waals surface area contributed by atoms with Gasteiger partial charge in [-0.25, -0.2) is 0 Å². The Labute approximate surface area is 426 Å². The van der Waals surface area contributed by atoms with Gasteiger partial charge in [0.25, 0.3) is 0 Å². The van der Waals surface area contributed by atoms with Crippen LogP contribution in [-0.4, -0.2) is 134 Å². The van der Waals surface area contributed by atoms with Crippen LogP contribution in [0.25, 0.3) is 11.0 Å². The van der Waals surface area contributed by atoms with Gasteiger partial charge in [-0.05, 0) is 150 Å². The average Bonchev–Trinajstić information content (AvgIpc) is 4.20. The summed E-state index contributed by atoms with van der Waals surface area (Å²) in [6.07, 6.45) is 14.6. The lowest BCUT2D eigenvalue weighted by molar-refractivity contribution is -0.424. The van der Waals surface area contributed by atoms with E-state index in [1.165, 1.54) is 51.4 Å². The van der Waals surface area contributed by atoms with Gasteiger partial charge in [0, 0.05) is 59.4 Å². The van der Waals surface area contributed by atoms with Gasteiger partial charge in [0.2, 0.25) is 12.0 Å². The third-order valence-corrected chi connectivity index (χ3v) is 23.8. The van der Waals surface area contributed by atoms with E-state index in [-0.39, 0.29) is 77.8 Å². The Balaban J connectivity index is 1.09. The smallest absolute Gasteiger partial charge is 0.306 e. The number of nitrogens with one attached hydrogen (secondary N) is 2. The molecule has 4 heterocycles. The summed E-state index contributed by atoms with van der Waals surface area (Å²) in [5.41, 5.74) is -5.26. The Morgan fingerprint density at radius 1 is 0.972 bits per heavy atom. The maximum Gasteiger partial charge on any atom is 0.306 e. The zero-order chi connectivity index (χ0) is 49.6. The normalized spacial score (nSPS) is 45.1. The molecule has 0 amide bonds. The third-order valence-electron chi connectivity index (χ3n) is 20.5. The van der Waals surface area contributed by atoms with Crippen molar-refractivity contribution in [1.29, 1.82) is 0 Å². The third kappa shape index (κ3) is 8.09. The molecule has 2 saturated heterocycles.